The number of hydrogen-bond donors (Lipinski definition) is 1. The Kier molecular flexibility index (Phi) is 5.56. The summed E-state index contributed by atoms with van der Waals surface area (Å²) >= 11 is 0. The lowest BCUT2D eigenvalue weighted by atomic mass is 10.1. The molecule has 0 bridgehead atoms. The van der Waals surface area contributed by atoms with Crippen molar-refractivity contribution in [2.45, 2.75) is 57.0 Å². The lowest BCUT2D eigenvalue weighted by Gasteiger charge is -2.34. The highest BCUT2D eigenvalue weighted by Crippen LogP contribution is 2.31. The molecule has 0 aromatic carbocycles. The molecule has 1 saturated heterocycles. The normalized spacial score (nSPS) is 19.5. The standard InChI is InChI=1S/C18H26N2O4/c21-17(22)7-11-20(15-8-12-24-13-9-15)18(23)16-6-3-10-19(16)14-4-1-2-5-14/h3,6,10,14-15H,1-2,4-5,7-9,11-13H2,(H,21,22). The summed E-state index contributed by atoms with van der Waals surface area (Å²) in [4.78, 5) is 25.9. The summed E-state index contributed by atoms with van der Waals surface area (Å²) in [7, 11) is 0. The fraction of sp³-hybridized carbons (Fsp3) is 0.667. The van der Waals surface area contributed by atoms with Crippen LogP contribution in [0.15, 0.2) is 18.3 Å². The molecule has 1 aromatic rings. The average molecular weight is 334 g/mol. The van der Waals surface area contributed by atoms with E-state index in [0.29, 0.717) is 24.9 Å². The highest BCUT2D eigenvalue weighted by molar-refractivity contribution is 5.93. The lowest BCUT2D eigenvalue weighted by Crippen LogP contribution is -2.45. The Hall–Kier alpha value is -1.82. The van der Waals surface area contributed by atoms with E-state index in [2.05, 4.69) is 4.57 Å². The minimum absolute atomic E-state index is 0.0206. The van der Waals surface area contributed by atoms with Crippen LogP contribution in [0.3, 0.4) is 0 Å². The van der Waals surface area contributed by atoms with E-state index < -0.39 is 5.97 Å². The van der Waals surface area contributed by atoms with Gasteiger partial charge in [0.15, 0.2) is 0 Å². The zero-order valence-corrected chi connectivity index (χ0v) is 14.0. The van der Waals surface area contributed by atoms with Crippen molar-refractivity contribution in [2.75, 3.05) is 19.8 Å². The Morgan fingerprint density at radius 3 is 2.58 bits per heavy atom. The molecule has 1 saturated carbocycles. The maximum atomic E-state index is 13.2. The topological polar surface area (TPSA) is 71.8 Å². The Morgan fingerprint density at radius 2 is 1.92 bits per heavy atom. The number of hydrogen-bond acceptors (Lipinski definition) is 3. The van der Waals surface area contributed by atoms with Crippen molar-refractivity contribution in [3.8, 4) is 0 Å². The summed E-state index contributed by atoms with van der Waals surface area (Å²) in [5.74, 6) is -0.911. The third kappa shape index (κ3) is 3.80. The predicted octanol–water partition coefficient (Wildman–Crippen LogP) is 2.70. The van der Waals surface area contributed by atoms with Gasteiger partial charge in [-0.2, -0.15) is 0 Å². The van der Waals surface area contributed by atoms with E-state index in [9.17, 15) is 9.59 Å². The van der Waals surface area contributed by atoms with Gasteiger partial charge < -0.3 is 19.3 Å². The van der Waals surface area contributed by atoms with E-state index in [-0.39, 0.29) is 24.9 Å². The molecule has 0 spiro atoms. The van der Waals surface area contributed by atoms with Crippen molar-refractivity contribution >= 4 is 11.9 Å². The molecule has 1 N–H and O–H groups in total. The van der Waals surface area contributed by atoms with Crippen LogP contribution in [0.1, 0.15) is 61.5 Å². The molecule has 6 heteroatoms. The molecule has 3 rings (SSSR count). The molecule has 2 fully saturated rings. The number of nitrogens with zero attached hydrogens (tertiary/aromatic N) is 2. The van der Waals surface area contributed by atoms with E-state index >= 15 is 0 Å². The molecular weight excluding hydrogens is 308 g/mol. The van der Waals surface area contributed by atoms with Gasteiger partial charge >= 0.3 is 5.97 Å². The minimum Gasteiger partial charge on any atom is -0.481 e. The van der Waals surface area contributed by atoms with Crippen LogP contribution in [-0.2, 0) is 9.53 Å². The quantitative estimate of drug-likeness (QED) is 0.868. The maximum absolute atomic E-state index is 13.2. The third-order valence-electron chi connectivity index (χ3n) is 5.18. The monoisotopic (exact) mass is 334 g/mol. The van der Waals surface area contributed by atoms with E-state index in [0.717, 1.165) is 25.7 Å². The van der Waals surface area contributed by atoms with E-state index in [1.807, 2.05) is 18.3 Å². The molecule has 0 unspecified atom stereocenters. The molecule has 2 aliphatic rings. The van der Waals surface area contributed by atoms with Crippen LogP contribution in [-0.4, -0.2) is 52.3 Å². The summed E-state index contributed by atoms with van der Waals surface area (Å²) in [6, 6.07) is 4.26. The number of carbonyl (C=O) groups excluding carboxylic acids is 1. The van der Waals surface area contributed by atoms with Crippen LogP contribution in [0.2, 0.25) is 0 Å². The highest BCUT2D eigenvalue weighted by atomic mass is 16.5. The lowest BCUT2D eigenvalue weighted by molar-refractivity contribution is -0.137. The zero-order valence-electron chi connectivity index (χ0n) is 14.0. The maximum Gasteiger partial charge on any atom is 0.305 e. The molecule has 2 heterocycles. The van der Waals surface area contributed by atoms with E-state index in [4.69, 9.17) is 9.84 Å². The second-order valence-electron chi connectivity index (χ2n) is 6.72. The molecular formula is C18H26N2O4. The first kappa shape index (κ1) is 17.0. The van der Waals surface area contributed by atoms with Crippen molar-refractivity contribution in [3.63, 3.8) is 0 Å². The minimum atomic E-state index is -0.869. The molecule has 6 nitrogen and oxygen atoms in total. The fourth-order valence-corrected chi connectivity index (χ4v) is 3.89. The van der Waals surface area contributed by atoms with Gasteiger partial charge in [0.25, 0.3) is 5.91 Å². The van der Waals surface area contributed by atoms with E-state index in [1.165, 1.54) is 12.8 Å². The van der Waals surface area contributed by atoms with Crippen molar-refractivity contribution < 1.29 is 19.4 Å². The Labute approximate surface area is 142 Å². The van der Waals surface area contributed by atoms with Gasteiger partial charge in [0.1, 0.15) is 5.69 Å². The number of rotatable bonds is 6. The third-order valence-corrected chi connectivity index (χ3v) is 5.18. The number of carboxylic acids is 1. The first-order chi connectivity index (χ1) is 11.7. The SMILES string of the molecule is O=C(O)CCN(C(=O)c1cccn1C1CCCC1)C1CCOCC1. The largest absolute Gasteiger partial charge is 0.481 e. The van der Waals surface area contributed by atoms with Gasteiger partial charge in [0, 0.05) is 38.0 Å². The Bertz CT molecular complexity index is 571. The van der Waals surface area contributed by atoms with Crippen LogP contribution in [0.5, 0.6) is 0 Å². The number of aliphatic carboxylic acids is 1. The number of aromatic nitrogens is 1. The summed E-state index contributed by atoms with van der Waals surface area (Å²) in [6.45, 7) is 1.52. The van der Waals surface area contributed by atoms with Crippen LogP contribution < -0.4 is 0 Å². The van der Waals surface area contributed by atoms with Gasteiger partial charge in [-0.05, 0) is 37.8 Å². The van der Waals surface area contributed by atoms with Crippen molar-refractivity contribution in [1.82, 2.24) is 9.47 Å². The first-order valence-corrected chi connectivity index (χ1v) is 8.94. The molecule has 0 radical (unpaired) electrons. The molecule has 1 aliphatic heterocycles. The number of ether oxygens (including phenoxy) is 1. The predicted molar refractivity (Wildman–Crippen MR) is 89.1 cm³/mol. The second kappa shape index (κ2) is 7.83. The van der Waals surface area contributed by atoms with Crippen LogP contribution in [0.4, 0.5) is 0 Å². The van der Waals surface area contributed by atoms with Gasteiger partial charge in [0.2, 0.25) is 0 Å². The van der Waals surface area contributed by atoms with Crippen LogP contribution >= 0.6 is 0 Å². The van der Waals surface area contributed by atoms with Gasteiger partial charge in [0.05, 0.1) is 6.42 Å². The van der Waals surface area contributed by atoms with Crippen LogP contribution in [0, 0.1) is 0 Å². The second-order valence-corrected chi connectivity index (χ2v) is 6.72. The number of carboxylic acid groups (broad SMARTS) is 1. The molecule has 132 valence electrons. The zero-order chi connectivity index (χ0) is 16.9. The Balaban J connectivity index is 1.79. The summed E-state index contributed by atoms with van der Waals surface area (Å²) in [5.41, 5.74) is 0.693. The first-order valence-electron chi connectivity index (χ1n) is 8.94. The van der Waals surface area contributed by atoms with Crippen molar-refractivity contribution in [3.05, 3.63) is 24.0 Å². The van der Waals surface area contributed by atoms with Gasteiger partial charge in [-0.3, -0.25) is 9.59 Å². The highest BCUT2D eigenvalue weighted by Gasteiger charge is 2.30. The average Bonchev–Trinajstić information content (AvgIpc) is 3.26. The van der Waals surface area contributed by atoms with Gasteiger partial charge in [-0.25, -0.2) is 0 Å². The molecule has 1 amide bonds. The Morgan fingerprint density at radius 1 is 1.21 bits per heavy atom. The summed E-state index contributed by atoms with van der Waals surface area (Å²) < 4.78 is 7.49. The number of amides is 1. The molecule has 0 atom stereocenters. The van der Waals surface area contributed by atoms with E-state index in [1.54, 1.807) is 4.90 Å². The summed E-state index contributed by atoms with van der Waals surface area (Å²) in [6.07, 6.45) is 8.15. The summed E-state index contributed by atoms with van der Waals surface area (Å²) in [5, 5.41) is 9.03. The van der Waals surface area contributed by atoms with Crippen molar-refractivity contribution in [2.24, 2.45) is 0 Å². The molecule has 24 heavy (non-hydrogen) atoms. The smallest absolute Gasteiger partial charge is 0.305 e. The van der Waals surface area contributed by atoms with Crippen molar-refractivity contribution in [1.29, 1.82) is 0 Å². The number of carbonyl (C=O) groups is 2. The van der Waals surface area contributed by atoms with Gasteiger partial charge in [-0.15, -0.1) is 0 Å². The van der Waals surface area contributed by atoms with Gasteiger partial charge in [-0.1, -0.05) is 12.8 Å². The van der Waals surface area contributed by atoms with Crippen LogP contribution in [0.25, 0.3) is 0 Å². The fourth-order valence-electron chi connectivity index (χ4n) is 3.89. The molecule has 1 aromatic heterocycles. The molecule has 1 aliphatic carbocycles.